The molecule has 0 radical (unpaired) electrons. The fraction of sp³-hybridized carbons (Fsp3) is 0.182. The Morgan fingerprint density at radius 1 is 1.12 bits per heavy atom. The van der Waals surface area contributed by atoms with Gasteiger partial charge in [-0.15, -0.1) is 0 Å². The van der Waals surface area contributed by atoms with Gasteiger partial charge >= 0.3 is 0 Å². The van der Waals surface area contributed by atoms with Crippen molar-refractivity contribution in [1.29, 1.82) is 0 Å². The van der Waals surface area contributed by atoms with E-state index in [1.54, 1.807) is 28.4 Å². The summed E-state index contributed by atoms with van der Waals surface area (Å²) in [7, 11) is 1.53. The van der Waals surface area contributed by atoms with Crippen molar-refractivity contribution in [3.63, 3.8) is 0 Å². The molecule has 4 heterocycles. The molecule has 0 aliphatic heterocycles. The number of ether oxygens (including phenoxy) is 1. The van der Waals surface area contributed by atoms with E-state index in [0.717, 1.165) is 17.2 Å². The molecule has 1 N–H and O–H groups in total. The summed E-state index contributed by atoms with van der Waals surface area (Å²) in [5.74, 6) is -0.589. The zero-order valence-electron chi connectivity index (χ0n) is 17.2. The number of halogens is 2. The predicted octanol–water partition coefficient (Wildman–Crippen LogP) is 3.53. The van der Waals surface area contributed by atoms with E-state index < -0.39 is 17.7 Å². The Hall–Kier alpha value is -3.92. The van der Waals surface area contributed by atoms with E-state index in [1.807, 2.05) is 12.1 Å². The lowest BCUT2D eigenvalue weighted by Gasteiger charge is -2.12. The van der Waals surface area contributed by atoms with Gasteiger partial charge in [0.25, 0.3) is 0 Å². The molecule has 0 spiro atoms. The van der Waals surface area contributed by atoms with Gasteiger partial charge in [-0.1, -0.05) is 0 Å². The highest BCUT2D eigenvalue weighted by molar-refractivity contribution is 5.88. The molecule has 5 aromatic rings. The van der Waals surface area contributed by atoms with Gasteiger partial charge in [0.05, 0.1) is 12.6 Å². The number of imidazole rings is 1. The molecule has 0 saturated heterocycles. The minimum atomic E-state index is -0.908. The van der Waals surface area contributed by atoms with Gasteiger partial charge in [-0.3, -0.25) is 0 Å². The number of aliphatic hydroxyl groups is 1. The first-order valence-corrected chi connectivity index (χ1v) is 9.80. The summed E-state index contributed by atoms with van der Waals surface area (Å²) in [5, 5.41) is 14.5. The average molecular weight is 436 g/mol. The highest BCUT2D eigenvalue weighted by atomic mass is 19.1. The van der Waals surface area contributed by atoms with Crippen LogP contribution in [-0.4, -0.2) is 41.3 Å². The highest BCUT2D eigenvalue weighted by Gasteiger charge is 2.19. The molecular formula is C22H18F2N6O2. The fourth-order valence-corrected chi connectivity index (χ4v) is 3.85. The minimum Gasteiger partial charge on any atom is -0.479 e. The third-order valence-corrected chi connectivity index (χ3v) is 5.20. The van der Waals surface area contributed by atoms with Crippen molar-refractivity contribution in [2.45, 2.75) is 19.6 Å². The number of nitrogens with zero attached hydrogens (tertiary/aromatic N) is 6. The van der Waals surface area contributed by atoms with Gasteiger partial charge in [-0.2, -0.15) is 10.1 Å². The minimum absolute atomic E-state index is 0.111. The van der Waals surface area contributed by atoms with Crippen LogP contribution in [0.2, 0.25) is 0 Å². The van der Waals surface area contributed by atoms with E-state index >= 15 is 0 Å². The van der Waals surface area contributed by atoms with Crippen molar-refractivity contribution in [2.75, 3.05) is 7.11 Å². The van der Waals surface area contributed by atoms with Crippen molar-refractivity contribution in [3.05, 3.63) is 72.1 Å². The van der Waals surface area contributed by atoms with Crippen molar-refractivity contribution in [1.82, 2.24) is 29.1 Å². The first kappa shape index (κ1) is 20.0. The van der Waals surface area contributed by atoms with Gasteiger partial charge in [0.15, 0.2) is 5.65 Å². The molecule has 0 aliphatic rings. The van der Waals surface area contributed by atoms with Crippen LogP contribution in [-0.2, 0) is 6.54 Å². The second kappa shape index (κ2) is 7.65. The Labute approximate surface area is 180 Å². The monoisotopic (exact) mass is 436 g/mol. The summed E-state index contributed by atoms with van der Waals surface area (Å²) in [6.45, 7) is 1.69. The Morgan fingerprint density at radius 2 is 1.91 bits per heavy atom. The topological polar surface area (TPSA) is 90.4 Å². The van der Waals surface area contributed by atoms with E-state index in [1.165, 1.54) is 25.6 Å². The maximum Gasteiger partial charge on any atom is 0.241 e. The molecule has 1 aromatic carbocycles. The molecule has 0 fully saturated rings. The van der Waals surface area contributed by atoms with Crippen molar-refractivity contribution < 1.29 is 18.6 Å². The van der Waals surface area contributed by atoms with E-state index in [-0.39, 0.29) is 6.54 Å². The third-order valence-electron chi connectivity index (χ3n) is 5.20. The standard InChI is InChI=1S/C22H18F2N6O2/c1-12(31)21-28-20-18(29(21)10-13-5-15(23)8-16(24)6-13)7-14(9-25-20)17-3-4-30-19(17)22(32-2)26-11-27-30/h3-9,11-12,31H,10H2,1-2H3/t12-/m1/s1. The Morgan fingerprint density at radius 3 is 2.62 bits per heavy atom. The second-order valence-corrected chi connectivity index (χ2v) is 7.37. The van der Waals surface area contributed by atoms with E-state index in [0.29, 0.717) is 33.9 Å². The van der Waals surface area contributed by atoms with Crippen LogP contribution in [0.3, 0.4) is 0 Å². The number of aromatic nitrogens is 6. The van der Waals surface area contributed by atoms with E-state index in [2.05, 4.69) is 20.1 Å². The maximum absolute atomic E-state index is 13.7. The molecule has 10 heteroatoms. The summed E-state index contributed by atoms with van der Waals surface area (Å²) in [5.41, 5.74) is 3.63. The summed E-state index contributed by atoms with van der Waals surface area (Å²) in [6.07, 6.45) is 3.94. The molecule has 1 atom stereocenters. The number of methoxy groups -OCH3 is 1. The zero-order valence-corrected chi connectivity index (χ0v) is 17.2. The van der Waals surface area contributed by atoms with Crippen LogP contribution in [0.25, 0.3) is 27.8 Å². The summed E-state index contributed by atoms with van der Waals surface area (Å²) in [4.78, 5) is 13.1. The summed E-state index contributed by atoms with van der Waals surface area (Å²) in [6, 6.07) is 7.05. The summed E-state index contributed by atoms with van der Waals surface area (Å²) < 4.78 is 36.2. The van der Waals surface area contributed by atoms with Crippen molar-refractivity contribution >= 4 is 16.7 Å². The normalized spacial score (nSPS) is 12.5. The molecule has 5 rings (SSSR count). The van der Waals surface area contributed by atoms with Gasteiger partial charge in [0, 0.05) is 36.1 Å². The molecule has 0 unspecified atom stereocenters. The van der Waals surface area contributed by atoms with Crippen LogP contribution < -0.4 is 4.74 Å². The number of hydrogen-bond donors (Lipinski definition) is 1. The van der Waals surface area contributed by atoms with Gasteiger partial charge in [-0.05, 0) is 36.8 Å². The predicted molar refractivity (Wildman–Crippen MR) is 112 cm³/mol. The lowest BCUT2D eigenvalue weighted by atomic mass is 10.1. The van der Waals surface area contributed by atoms with E-state index in [9.17, 15) is 13.9 Å². The van der Waals surface area contributed by atoms with Crippen LogP contribution in [0.5, 0.6) is 5.88 Å². The largest absolute Gasteiger partial charge is 0.479 e. The van der Waals surface area contributed by atoms with Crippen LogP contribution in [0.4, 0.5) is 8.78 Å². The average Bonchev–Trinajstić information content (AvgIpc) is 3.34. The maximum atomic E-state index is 13.7. The molecule has 0 bridgehead atoms. The molecule has 0 aliphatic carbocycles. The first-order chi connectivity index (χ1) is 15.4. The van der Waals surface area contributed by atoms with Crippen LogP contribution in [0, 0.1) is 11.6 Å². The first-order valence-electron chi connectivity index (χ1n) is 9.80. The SMILES string of the molecule is COc1ncnn2ccc(-c3cnc4nc([C@@H](C)O)n(Cc5cc(F)cc(F)c5)c4c3)c12. The molecule has 32 heavy (non-hydrogen) atoms. The molecule has 0 saturated carbocycles. The van der Waals surface area contributed by atoms with E-state index in [4.69, 9.17) is 4.74 Å². The lowest BCUT2D eigenvalue weighted by Crippen LogP contribution is -2.08. The van der Waals surface area contributed by atoms with Crippen molar-refractivity contribution in [2.24, 2.45) is 0 Å². The van der Waals surface area contributed by atoms with Gasteiger partial charge in [0.2, 0.25) is 5.88 Å². The number of rotatable bonds is 5. The highest BCUT2D eigenvalue weighted by Crippen LogP contribution is 2.32. The van der Waals surface area contributed by atoms with Gasteiger partial charge in [0.1, 0.15) is 35.4 Å². The molecule has 4 aromatic heterocycles. The second-order valence-electron chi connectivity index (χ2n) is 7.37. The van der Waals surface area contributed by atoms with Gasteiger partial charge < -0.3 is 14.4 Å². The molecule has 0 amide bonds. The molecule has 162 valence electrons. The smallest absolute Gasteiger partial charge is 0.241 e. The molecular weight excluding hydrogens is 418 g/mol. The number of pyridine rings is 1. The van der Waals surface area contributed by atoms with Gasteiger partial charge in [-0.25, -0.2) is 23.3 Å². The number of fused-ring (bicyclic) bond motifs is 2. The molecule has 8 nitrogen and oxygen atoms in total. The number of aliphatic hydroxyl groups excluding tert-OH is 1. The number of benzene rings is 1. The Balaban J connectivity index is 1.69. The number of hydrogen-bond acceptors (Lipinski definition) is 6. The fourth-order valence-electron chi connectivity index (χ4n) is 3.85. The zero-order chi connectivity index (χ0) is 22.4. The lowest BCUT2D eigenvalue weighted by molar-refractivity contribution is 0.185. The third kappa shape index (κ3) is 3.34. The quantitative estimate of drug-likeness (QED) is 0.453. The summed E-state index contributed by atoms with van der Waals surface area (Å²) >= 11 is 0. The Kier molecular flexibility index (Phi) is 4.78. The van der Waals surface area contributed by atoms with Crippen LogP contribution >= 0.6 is 0 Å². The van der Waals surface area contributed by atoms with Crippen LogP contribution in [0.15, 0.2) is 49.1 Å². The van der Waals surface area contributed by atoms with Crippen molar-refractivity contribution in [3.8, 4) is 17.0 Å². The Bertz CT molecular complexity index is 1440. The van der Waals surface area contributed by atoms with Crippen LogP contribution in [0.1, 0.15) is 24.4 Å².